The van der Waals surface area contributed by atoms with E-state index in [0.717, 1.165) is 33.2 Å². The highest BCUT2D eigenvalue weighted by molar-refractivity contribution is 7.15. The van der Waals surface area contributed by atoms with Crippen LogP contribution < -0.4 is 10.1 Å². The van der Waals surface area contributed by atoms with Crippen molar-refractivity contribution in [2.24, 2.45) is 0 Å². The number of carbonyl (C=O) groups is 1. The van der Waals surface area contributed by atoms with Crippen molar-refractivity contribution in [3.05, 3.63) is 71.4 Å². The number of nitrogens with zero attached hydrogens (tertiary/aromatic N) is 2. The van der Waals surface area contributed by atoms with Gasteiger partial charge in [0.1, 0.15) is 11.4 Å². The van der Waals surface area contributed by atoms with E-state index in [1.165, 1.54) is 11.3 Å². The van der Waals surface area contributed by atoms with Gasteiger partial charge in [-0.15, -0.1) is 11.3 Å². The third-order valence-corrected chi connectivity index (χ3v) is 4.98. The minimum Gasteiger partial charge on any atom is -0.497 e. The van der Waals surface area contributed by atoms with E-state index in [9.17, 15) is 4.79 Å². The van der Waals surface area contributed by atoms with Gasteiger partial charge in [-0.05, 0) is 43.3 Å². The summed E-state index contributed by atoms with van der Waals surface area (Å²) in [7, 11) is 1.64. The minimum absolute atomic E-state index is 0.154. The van der Waals surface area contributed by atoms with Gasteiger partial charge in [-0.3, -0.25) is 9.20 Å². The van der Waals surface area contributed by atoms with Gasteiger partial charge in [-0.1, -0.05) is 17.7 Å². The van der Waals surface area contributed by atoms with Crippen LogP contribution in [-0.4, -0.2) is 22.4 Å². The molecule has 4 aromatic rings. The van der Waals surface area contributed by atoms with Crippen LogP contribution in [0.3, 0.4) is 0 Å². The molecule has 26 heavy (non-hydrogen) atoms. The lowest BCUT2D eigenvalue weighted by molar-refractivity contribution is 0.102. The molecule has 0 fully saturated rings. The number of imidazole rings is 1. The number of hydrogen-bond donors (Lipinski definition) is 1. The number of hydrogen-bond acceptors (Lipinski definition) is 4. The predicted octanol–water partition coefficient (Wildman–Crippen LogP) is 4.63. The van der Waals surface area contributed by atoms with E-state index in [4.69, 9.17) is 4.74 Å². The summed E-state index contributed by atoms with van der Waals surface area (Å²) in [6.07, 6.45) is 1.89. The molecule has 5 nitrogen and oxygen atoms in total. The lowest BCUT2D eigenvalue weighted by Crippen LogP contribution is -2.13. The van der Waals surface area contributed by atoms with Crippen molar-refractivity contribution in [1.29, 1.82) is 0 Å². The topological polar surface area (TPSA) is 55.6 Å². The van der Waals surface area contributed by atoms with E-state index in [-0.39, 0.29) is 5.91 Å². The number of carbonyl (C=O) groups excluding carboxylic acids is 1. The molecule has 0 radical (unpaired) electrons. The fourth-order valence-corrected chi connectivity index (χ4v) is 3.53. The lowest BCUT2D eigenvalue weighted by Gasteiger charge is -2.04. The molecule has 0 aliphatic heterocycles. The molecule has 0 bridgehead atoms. The average Bonchev–Trinajstić information content (AvgIpc) is 3.24. The van der Waals surface area contributed by atoms with Crippen LogP contribution in [0.25, 0.3) is 16.2 Å². The molecule has 0 aliphatic rings. The molecule has 2 aromatic heterocycles. The fraction of sp³-hybridized carbons (Fsp3) is 0.100. The molecule has 130 valence electrons. The number of amides is 1. The number of thiazole rings is 1. The Hall–Kier alpha value is -3.12. The molecule has 6 heteroatoms. The molecular weight excluding hydrogens is 346 g/mol. The summed E-state index contributed by atoms with van der Waals surface area (Å²) < 4.78 is 7.01. The summed E-state index contributed by atoms with van der Waals surface area (Å²) in [6.45, 7) is 2.01. The van der Waals surface area contributed by atoms with Gasteiger partial charge in [-0.2, -0.15) is 0 Å². The molecule has 1 N–H and O–H groups in total. The first-order valence-corrected chi connectivity index (χ1v) is 9.01. The first kappa shape index (κ1) is 16.4. The van der Waals surface area contributed by atoms with E-state index < -0.39 is 0 Å². The Kier molecular flexibility index (Phi) is 4.18. The maximum absolute atomic E-state index is 12.6. The average molecular weight is 363 g/mol. The summed E-state index contributed by atoms with van der Waals surface area (Å²) >= 11 is 1.44. The van der Waals surface area contributed by atoms with Gasteiger partial charge in [0.05, 0.1) is 12.8 Å². The van der Waals surface area contributed by atoms with Crippen molar-refractivity contribution < 1.29 is 9.53 Å². The van der Waals surface area contributed by atoms with Crippen molar-refractivity contribution >= 4 is 27.9 Å². The largest absolute Gasteiger partial charge is 0.497 e. The number of nitrogens with one attached hydrogen (secondary N) is 1. The summed E-state index contributed by atoms with van der Waals surface area (Å²) in [5, 5.41) is 4.75. The van der Waals surface area contributed by atoms with Crippen molar-refractivity contribution in [1.82, 2.24) is 9.38 Å². The maximum Gasteiger partial charge on any atom is 0.273 e. The molecule has 2 aromatic carbocycles. The number of ether oxygens (including phenoxy) is 1. The number of aromatic nitrogens is 2. The monoisotopic (exact) mass is 363 g/mol. The highest BCUT2D eigenvalue weighted by atomic mass is 32.1. The molecule has 0 spiro atoms. The number of anilines is 1. The van der Waals surface area contributed by atoms with Crippen LogP contribution in [0, 0.1) is 6.92 Å². The minimum atomic E-state index is -0.154. The van der Waals surface area contributed by atoms with Crippen LogP contribution in [-0.2, 0) is 0 Å². The predicted molar refractivity (Wildman–Crippen MR) is 104 cm³/mol. The first-order valence-electron chi connectivity index (χ1n) is 8.13. The SMILES string of the molecule is COc1ccc(-c2cn3c(C(=O)Nc4ccc(C)cc4)csc3n2)cc1. The third kappa shape index (κ3) is 3.07. The highest BCUT2D eigenvalue weighted by Gasteiger charge is 2.15. The van der Waals surface area contributed by atoms with Gasteiger partial charge in [0, 0.05) is 22.8 Å². The fourth-order valence-electron chi connectivity index (χ4n) is 2.68. The standard InChI is InChI=1S/C20H17N3O2S/c1-13-3-7-15(8-4-13)21-19(24)18-12-26-20-22-17(11-23(18)20)14-5-9-16(25-2)10-6-14/h3-12H,1-2H3,(H,21,24). The Balaban J connectivity index is 1.62. The lowest BCUT2D eigenvalue weighted by atomic mass is 10.2. The second-order valence-corrected chi connectivity index (χ2v) is 6.78. The highest BCUT2D eigenvalue weighted by Crippen LogP contribution is 2.25. The van der Waals surface area contributed by atoms with Crippen molar-refractivity contribution in [3.8, 4) is 17.0 Å². The van der Waals surface area contributed by atoms with E-state index in [0.29, 0.717) is 5.69 Å². The van der Waals surface area contributed by atoms with E-state index >= 15 is 0 Å². The number of rotatable bonds is 4. The summed E-state index contributed by atoms with van der Waals surface area (Å²) in [4.78, 5) is 18.0. The van der Waals surface area contributed by atoms with Gasteiger partial charge < -0.3 is 10.1 Å². The second kappa shape index (κ2) is 6.65. The van der Waals surface area contributed by atoms with Crippen LogP contribution in [0.2, 0.25) is 0 Å². The van der Waals surface area contributed by atoms with Crippen LogP contribution in [0.4, 0.5) is 5.69 Å². The van der Waals surface area contributed by atoms with Gasteiger partial charge in [0.25, 0.3) is 5.91 Å². The summed E-state index contributed by atoms with van der Waals surface area (Å²) in [5.74, 6) is 0.645. The van der Waals surface area contributed by atoms with Gasteiger partial charge >= 0.3 is 0 Å². The Morgan fingerprint density at radius 2 is 1.85 bits per heavy atom. The zero-order valence-electron chi connectivity index (χ0n) is 14.4. The zero-order chi connectivity index (χ0) is 18.1. The Bertz CT molecular complexity index is 1060. The number of benzene rings is 2. The molecule has 0 unspecified atom stereocenters. The molecule has 4 rings (SSSR count). The van der Waals surface area contributed by atoms with Gasteiger partial charge in [0.2, 0.25) is 0 Å². The van der Waals surface area contributed by atoms with Crippen molar-refractivity contribution in [3.63, 3.8) is 0 Å². The van der Waals surface area contributed by atoms with Crippen molar-refractivity contribution in [2.75, 3.05) is 12.4 Å². The van der Waals surface area contributed by atoms with Crippen molar-refractivity contribution in [2.45, 2.75) is 6.92 Å². The van der Waals surface area contributed by atoms with E-state index in [2.05, 4.69) is 10.3 Å². The maximum atomic E-state index is 12.6. The Morgan fingerprint density at radius 3 is 2.54 bits per heavy atom. The van der Waals surface area contributed by atoms with Crippen LogP contribution in [0.5, 0.6) is 5.75 Å². The van der Waals surface area contributed by atoms with E-state index in [1.807, 2.05) is 71.4 Å². The Labute approximate surface area is 154 Å². The molecule has 2 heterocycles. The molecule has 0 atom stereocenters. The number of fused-ring (bicyclic) bond motifs is 1. The van der Waals surface area contributed by atoms with Gasteiger partial charge in [-0.25, -0.2) is 4.98 Å². The van der Waals surface area contributed by atoms with E-state index in [1.54, 1.807) is 7.11 Å². The molecule has 0 saturated carbocycles. The number of aryl methyl sites for hydroxylation is 1. The summed E-state index contributed by atoms with van der Waals surface area (Å²) in [6, 6.07) is 15.4. The quantitative estimate of drug-likeness (QED) is 0.575. The molecular formula is C20H17N3O2S. The normalized spacial score (nSPS) is 10.8. The zero-order valence-corrected chi connectivity index (χ0v) is 15.2. The smallest absolute Gasteiger partial charge is 0.273 e. The van der Waals surface area contributed by atoms with Crippen LogP contribution >= 0.6 is 11.3 Å². The summed E-state index contributed by atoms with van der Waals surface area (Å²) in [5.41, 5.74) is 4.29. The molecule has 0 saturated heterocycles. The Morgan fingerprint density at radius 1 is 1.12 bits per heavy atom. The molecule has 1 amide bonds. The van der Waals surface area contributed by atoms with Crippen LogP contribution in [0.1, 0.15) is 16.1 Å². The van der Waals surface area contributed by atoms with Crippen LogP contribution in [0.15, 0.2) is 60.1 Å². The second-order valence-electron chi connectivity index (χ2n) is 5.95. The van der Waals surface area contributed by atoms with Gasteiger partial charge in [0.15, 0.2) is 4.96 Å². The third-order valence-electron chi connectivity index (χ3n) is 4.14. The molecule has 0 aliphatic carbocycles. The number of methoxy groups -OCH3 is 1. The first-order chi connectivity index (χ1) is 12.6.